The maximum Gasteiger partial charge on any atom is 0.356 e. The molecule has 0 aliphatic carbocycles. The van der Waals surface area contributed by atoms with Gasteiger partial charge >= 0.3 is 5.97 Å². The Morgan fingerprint density at radius 3 is 3.15 bits per heavy atom. The SMILES string of the molecule is CCOC(=O)c1cnc(SCc2cccc(C#N)c2)[nH]1. The van der Waals surface area contributed by atoms with E-state index in [1.807, 2.05) is 18.2 Å². The van der Waals surface area contributed by atoms with Crippen LogP contribution >= 0.6 is 11.8 Å². The first-order valence-electron chi connectivity index (χ1n) is 6.07. The number of hydrogen-bond acceptors (Lipinski definition) is 5. The molecule has 2 aromatic rings. The minimum absolute atomic E-state index is 0.335. The van der Waals surface area contributed by atoms with Crippen molar-refractivity contribution in [3.63, 3.8) is 0 Å². The summed E-state index contributed by atoms with van der Waals surface area (Å²) in [6.45, 7) is 2.09. The number of nitriles is 1. The summed E-state index contributed by atoms with van der Waals surface area (Å²) in [6.07, 6.45) is 1.46. The summed E-state index contributed by atoms with van der Waals surface area (Å²) in [5, 5.41) is 9.48. The third-order valence-corrected chi connectivity index (χ3v) is 3.44. The molecule has 1 N–H and O–H groups in total. The Morgan fingerprint density at radius 2 is 2.40 bits per heavy atom. The summed E-state index contributed by atoms with van der Waals surface area (Å²) in [6, 6.07) is 9.50. The molecule has 102 valence electrons. The Labute approximate surface area is 121 Å². The molecule has 1 aromatic heterocycles. The Hall–Kier alpha value is -2.26. The molecule has 0 atom stereocenters. The zero-order valence-electron chi connectivity index (χ0n) is 10.9. The van der Waals surface area contributed by atoms with Crippen LogP contribution in [0.25, 0.3) is 0 Å². The number of thioether (sulfide) groups is 1. The van der Waals surface area contributed by atoms with E-state index in [-0.39, 0.29) is 0 Å². The van der Waals surface area contributed by atoms with E-state index in [1.165, 1.54) is 18.0 Å². The van der Waals surface area contributed by atoms with Crippen molar-refractivity contribution in [3.8, 4) is 6.07 Å². The highest BCUT2D eigenvalue weighted by atomic mass is 32.2. The molecule has 5 nitrogen and oxygen atoms in total. The number of imidazole rings is 1. The Morgan fingerprint density at radius 1 is 1.55 bits per heavy atom. The minimum Gasteiger partial charge on any atom is -0.461 e. The van der Waals surface area contributed by atoms with Crippen LogP contribution in [-0.2, 0) is 10.5 Å². The quantitative estimate of drug-likeness (QED) is 0.675. The summed E-state index contributed by atoms with van der Waals surface area (Å²) in [5.74, 6) is 0.268. The maximum atomic E-state index is 11.5. The predicted octanol–water partition coefficient (Wildman–Crippen LogP) is 2.75. The average molecular weight is 287 g/mol. The molecule has 0 saturated heterocycles. The van der Waals surface area contributed by atoms with Gasteiger partial charge in [-0.2, -0.15) is 5.26 Å². The fraction of sp³-hybridized carbons (Fsp3) is 0.214. The van der Waals surface area contributed by atoms with Gasteiger partial charge in [0.15, 0.2) is 5.16 Å². The van der Waals surface area contributed by atoms with Crippen molar-refractivity contribution in [2.45, 2.75) is 17.8 Å². The second kappa shape index (κ2) is 6.78. The standard InChI is InChI=1S/C14H13N3O2S/c1-2-19-13(18)12-8-16-14(17-12)20-9-11-5-3-4-10(6-11)7-15/h3-6,8H,2,9H2,1H3,(H,16,17). The molecule has 0 spiro atoms. The smallest absolute Gasteiger partial charge is 0.356 e. The summed E-state index contributed by atoms with van der Waals surface area (Å²) in [7, 11) is 0. The van der Waals surface area contributed by atoms with E-state index >= 15 is 0 Å². The fourth-order valence-electron chi connectivity index (χ4n) is 1.57. The lowest BCUT2D eigenvalue weighted by Crippen LogP contribution is -2.04. The third-order valence-electron chi connectivity index (χ3n) is 2.48. The molecule has 0 aliphatic rings. The molecule has 0 radical (unpaired) electrons. The molecule has 0 fully saturated rings. The number of H-pyrrole nitrogens is 1. The highest BCUT2D eigenvalue weighted by Gasteiger charge is 2.10. The van der Waals surface area contributed by atoms with Gasteiger partial charge in [0.2, 0.25) is 0 Å². The first kappa shape index (κ1) is 14.2. The molecule has 1 heterocycles. The van der Waals surface area contributed by atoms with E-state index in [0.29, 0.717) is 28.8 Å². The minimum atomic E-state index is -0.404. The van der Waals surface area contributed by atoms with Gasteiger partial charge in [0, 0.05) is 5.75 Å². The summed E-state index contributed by atoms with van der Waals surface area (Å²) in [4.78, 5) is 18.5. The Balaban J connectivity index is 1.97. The van der Waals surface area contributed by atoms with Gasteiger partial charge in [0.05, 0.1) is 24.4 Å². The number of carbonyl (C=O) groups excluding carboxylic acids is 1. The summed E-state index contributed by atoms with van der Waals surface area (Å²) >= 11 is 1.47. The highest BCUT2D eigenvalue weighted by molar-refractivity contribution is 7.98. The largest absolute Gasteiger partial charge is 0.461 e. The molecule has 0 amide bonds. The van der Waals surface area contributed by atoms with Gasteiger partial charge in [0.1, 0.15) is 5.69 Å². The van der Waals surface area contributed by atoms with Gasteiger partial charge in [-0.15, -0.1) is 0 Å². The van der Waals surface area contributed by atoms with Crippen molar-refractivity contribution >= 4 is 17.7 Å². The van der Waals surface area contributed by atoms with Crippen LogP contribution < -0.4 is 0 Å². The van der Waals surface area contributed by atoms with Crippen molar-refractivity contribution in [2.24, 2.45) is 0 Å². The van der Waals surface area contributed by atoms with E-state index in [0.717, 1.165) is 5.56 Å². The highest BCUT2D eigenvalue weighted by Crippen LogP contribution is 2.20. The first-order chi connectivity index (χ1) is 9.72. The van der Waals surface area contributed by atoms with Gasteiger partial charge in [-0.1, -0.05) is 23.9 Å². The van der Waals surface area contributed by atoms with Gasteiger partial charge in [0.25, 0.3) is 0 Å². The lowest BCUT2D eigenvalue weighted by atomic mass is 10.2. The number of aromatic amines is 1. The topological polar surface area (TPSA) is 78.8 Å². The van der Waals surface area contributed by atoms with Crippen molar-refractivity contribution in [1.82, 2.24) is 9.97 Å². The van der Waals surface area contributed by atoms with Crippen molar-refractivity contribution in [2.75, 3.05) is 6.61 Å². The van der Waals surface area contributed by atoms with Crippen molar-refractivity contribution in [3.05, 3.63) is 47.3 Å². The van der Waals surface area contributed by atoms with Gasteiger partial charge in [-0.25, -0.2) is 9.78 Å². The van der Waals surface area contributed by atoms with E-state index in [4.69, 9.17) is 10.00 Å². The lowest BCUT2D eigenvalue weighted by molar-refractivity contribution is 0.0519. The number of benzene rings is 1. The van der Waals surface area contributed by atoms with Crippen LogP contribution in [0.3, 0.4) is 0 Å². The predicted molar refractivity (Wildman–Crippen MR) is 75.3 cm³/mol. The molecule has 0 bridgehead atoms. The molecule has 6 heteroatoms. The zero-order valence-corrected chi connectivity index (χ0v) is 11.7. The van der Waals surface area contributed by atoms with Crippen LogP contribution in [0, 0.1) is 11.3 Å². The maximum absolute atomic E-state index is 11.5. The van der Waals surface area contributed by atoms with Crippen LogP contribution in [0.1, 0.15) is 28.5 Å². The van der Waals surface area contributed by atoms with Crippen LogP contribution in [0.15, 0.2) is 35.6 Å². The van der Waals surface area contributed by atoms with Gasteiger partial charge in [-0.05, 0) is 24.6 Å². The molecule has 0 saturated carbocycles. The van der Waals surface area contributed by atoms with E-state index in [9.17, 15) is 4.79 Å². The molecular formula is C14H13N3O2S. The van der Waals surface area contributed by atoms with E-state index < -0.39 is 5.97 Å². The number of carbonyl (C=O) groups is 1. The number of nitrogens with one attached hydrogen (secondary N) is 1. The van der Waals surface area contributed by atoms with Gasteiger partial charge < -0.3 is 9.72 Å². The average Bonchev–Trinajstić information content (AvgIpc) is 2.94. The fourth-order valence-corrected chi connectivity index (χ4v) is 2.36. The monoisotopic (exact) mass is 287 g/mol. The summed E-state index contributed by atoms with van der Waals surface area (Å²) < 4.78 is 4.88. The molecule has 0 unspecified atom stereocenters. The van der Waals surface area contributed by atoms with E-state index in [1.54, 1.807) is 13.0 Å². The molecule has 0 aliphatic heterocycles. The number of rotatable bonds is 5. The number of esters is 1. The lowest BCUT2D eigenvalue weighted by Gasteiger charge is -2.00. The summed E-state index contributed by atoms with van der Waals surface area (Å²) in [5.41, 5.74) is 2.01. The normalized spacial score (nSPS) is 10.0. The molecule has 1 aromatic carbocycles. The third kappa shape index (κ3) is 3.62. The Kier molecular flexibility index (Phi) is 4.80. The number of ether oxygens (including phenoxy) is 1. The number of hydrogen-bond donors (Lipinski definition) is 1. The Bertz CT molecular complexity index is 646. The first-order valence-corrected chi connectivity index (χ1v) is 7.05. The van der Waals surface area contributed by atoms with Gasteiger partial charge in [-0.3, -0.25) is 0 Å². The van der Waals surface area contributed by atoms with Crippen molar-refractivity contribution in [1.29, 1.82) is 5.26 Å². The second-order valence-corrected chi connectivity index (χ2v) is 4.89. The zero-order chi connectivity index (χ0) is 14.4. The molecular weight excluding hydrogens is 274 g/mol. The molecule has 20 heavy (non-hydrogen) atoms. The van der Waals surface area contributed by atoms with Crippen LogP contribution in [-0.4, -0.2) is 22.5 Å². The number of nitrogens with zero attached hydrogens (tertiary/aromatic N) is 2. The van der Waals surface area contributed by atoms with E-state index in [2.05, 4.69) is 16.0 Å². The molecule has 2 rings (SSSR count). The van der Waals surface area contributed by atoms with Crippen LogP contribution in [0.2, 0.25) is 0 Å². The number of aromatic nitrogens is 2. The van der Waals surface area contributed by atoms with Crippen LogP contribution in [0.5, 0.6) is 0 Å². The van der Waals surface area contributed by atoms with Crippen molar-refractivity contribution < 1.29 is 9.53 Å². The second-order valence-electron chi connectivity index (χ2n) is 3.92. The van der Waals surface area contributed by atoms with Crippen LogP contribution in [0.4, 0.5) is 0 Å².